The lowest BCUT2D eigenvalue weighted by Gasteiger charge is -2.42. The molecule has 6 rings (SSSR count). The van der Waals surface area contributed by atoms with Crippen molar-refractivity contribution in [2.45, 2.75) is 18.8 Å². The van der Waals surface area contributed by atoms with E-state index in [-0.39, 0.29) is 51.4 Å². The van der Waals surface area contributed by atoms with Crippen LogP contribution in [-0.4, -0.2) is 35.6 Å². The van der Waals surface area contributed by atoms with Crippen molar-refractivity contribution in [1.82, 2.24) is 0 Å². The summed E-state index contributed by atoms with van der Waals surface area (Å²) >= 11 is 10.1. The predicted molar refractivity (Wildman–Crippen MR) is 154 cm³/mol. The molecule has 1 heterocycles. The number of rotatable bonds is 3. The molecule has 1 N–H and O–H groups in total. The highest BCUT2D eigenvalue weighted by Crippen LogP contribution is 2.57. The number of ether oxygens (including phenoxy) is 1. The first-order valence-electron chi connectivity index (χ1n) is 12.2. The van der Waals surface area contributed by atoms with E-state index in [1.807, 2.05) is 6.08 Å². The van der Waals surface area contributed by atoms with Gasteiger partial charge >= 0.3 is 0 Å². The summed E-state index contributed by atoms with van der Waals surface area (Å²) in [6, 6.07) is 10.3. The fraction of sp³-hybridized carbons (Fsp3) is 0.241. The van der Waals surface area contributed by atoms with E-state index in [1.54, 1.807) is 36.4 Å². The maximum absolute atomic E-state index is 13.9. The lowest BCUT2D eigenvalue weighted by molar-refractivity contribution is -0.123. The van der Waals surface area contributed by atoms with Crippen LogP contribution >= 0.6 is 47.8 Å². The number of ketones is 2. The largest absolute Gasteiger partial charge is 0.504 e. The zero-order valence-electron chi connectivity index (χ0n) is 20.4. The molecule has 39 heavy (non-hydrogen) atoms. The fourth-order valence-electron chi connectivity index (χ4n) is 6.38. The second kappa shape index (κ2) is 9.67. The molecule has 2 amide bonds. The normalized spacial score (nSPS) is 26.2. The average molecular weight is 718 g/mol. The first-order chi connectivity index (χ1) is 18.6. The monoisotopic (exact) mass is 715 g/mol. The summed E-state index contributed by atoms with van der Waals surface area (Å²) in [7, 11) is 1.43. The van der Waals surface area contributed by atoms with Gasteiger partial charge in [-0.3, -0.25) is 24.1 Å². The van der Waals surface area contributed by atoms with E-state index in [9.17, 15) is 24.3 Å². The van der Waals surface area contributed by atoms with Gasteiger partial charge in [0.2, 0.25) is 11.8 Å². The van der Waals surface area contributed by atoms with E-state index in [0.29, 0.717) is 27.7 Å². The van der Waals surface area contributed by atoms with Gasteiger partial charge in [-0.25, -0.2) is 0 Å². The van der Waals surface area contributed by atoms with Crippen LogP contribution in [0, 0.1) is 17.8 Å². The van der Waals surface area contributed by atoms with Crippen molar-refractivity contribution in [2.75, 3.05) is 12.0 Å². The molecule has 1 fully saturated rings. The summed E-state index contributed by atoms with van der Waals surface area (Å²) in [6.07, 6.45) is 3.62. The SMILES string of the molecule is COc1cc(Br)cc(C2C3=CCC4C(=O)N(c5ccc(Br)cc5)C(=O)C4C3CC3=C2C(=O)C=C(Br)C3=O)c1O. The number of allylic oxidation sites excluding steroid dienone is 6. The lowest BCUT2D eigenvalue weighted by Crippen LogP contribution is -2.39. The number of hydrogen-bond donors (Lipinski definition) is 1. The van der Waals surface area contributed by atoms with Gasteiger partial charge in [-0.2, -0.15) is 0 Å². The fourth-order valence-corrected chi connectivity index (χ4v) is 7.54. The minimum Gasteiger partial charge on any atom is -0.504 e. The maximum Gasteiger partial charge on any atom is 0.238 e. The van der Waals surface area contributed by atoms with Gasteiger partial charge in [-0.15, -0.1) is 0 Å². The molecule has 0 saturated carbocycles. The molecule has 2 aromatic rings. The first-order valence-corrected chi connectivity index (χ1v) is 14.6. The number of phenolic OH excluding ortho intramolecular Hbond substituents is 1. The van der Waals surface area contributed by atoms with E-state index in [0.717, 1.165) is 10.0 Å². The number of benzene rings is 2. The number of imide groups is 1. The lowest BCUT2D eigenvalue weighted by atomic mass is 9.59. The molecule has 7 nitrogen and oxygen atoms in total. The van der Waals surface area contributed by atoms with Crippen molar-refractivity contribution in [3.63, 3.8) is 0 Å². The Hall–Kier alpha value is -2.82. The zero-order valence-corrected chi connectivity index (χ0v) is 25.2. The van der Waals surface area contributed by atoms with Crippen molar-refractivity contribution in [2.24, 2.45) is 17.8 Å². The summed E-state index contributed by atoms with van der Waals surface area (Å²) in [5, 5.41) is 11.2. The van der Waals surface area contributed by atoms with Crippen LogP contribution in [0.3, 0.4) is 0 Å². The second-order valence-corrected chi connectivity index (χ2v) is 12.6. The molecule has 2 aromatic carbocycles. The molecule has 4 atom stereocenters. The van der Waals surface area contributed by atoms with Gasteiger partial charge in [-0.05, 0) is 71.1 Å². The van der Waals surface area contributed by atoms with Crippen LogP contribution in [-0.2, 0) is 19.2 Å². The van der Waals surface area contributed by atoms with Crippen LogP contribution in [0.25, 0.3) is 0 Å². The van der Waals surface area contributed by atoms with Crippen LogP contribution in [0.2, 0.25) is 0 Å². The van der Waals surface area contributed by atoms with Gasteiger partial charge in [0, 0.05) is 37.6 Å². The highest BCUT2D eigenvalue weighted by Gasteiger charge is 2.57. The molecule has 4 unspecified atom stereocenters. The zero-order chi connectivity index (χ0) is 27.7. The van der Waals surface area contributed by atoms with Crippen molar-refractivity contribution in [3.05, 3.63) is 84.3 Å². The van der Waals surface area contributed by atoms with Gasteiger partial charge in [-0.1, -0.05) is 43.5 Å². The number of amides is 2. The Labute approximate surface area is 249 Å². The summed E-state index contributed by atoms with van der Waals surface area (Å²) in [6.45, 7) is 0. The van der Waals surface area contributed by atoms with Crippen LogP contribution < -0.4 is 9.64 Å². The third-order valence-corrected chi connectivity index (χ3v) is 9.59. The molecule has 0 radical (unpaired) electrons. The van der Waals surface area contributed by atoms with E-state index < -0.39 is 23.7 Å². The molecular formula is C29H20Br3NO6. The summed E-state index contributed by atoms with van der Waals surface area (Å²) < 4.78 is 6.96. The minimum absolute atomic E-state index is 0.144. The van der Waals surface area contributed by atoms with Gasteiger partial charge in [0.25, 0.3) is 0 Å². The number of carbonyl (C=O) groups is 4. The molecule has 0 bridgehead atoms. The highest BCUT2D eigenvalue weighted by molar-refractivity contribution is 9.12. The summed E-state index contributed by atoms with van der Waals surface area (Å²) in [5.74, 6) is -3.82. The highest BCUT2D eigenvalue weighted by atomic mass is 79.9. The van der Waals surface area contributed by atoms with Gasteiger partial charge < -0.3 is 9.84 Å². The molecule has 1 aliphatic heterocycles. The number of hydrogen-bond acceptors (Lipinski definition) is 6. The Bertz CT molecular complexity index is 1590. The third-order valence-electron chi connectivity index (χ3n) is 8.02. The number of carbonyl (C=O) groups excluding carboxylic acids is 4. The standard InChI is InChI=1S/C29H20Br3NO6/c1-39-22-9-13(31)8-18(27(22)36)23-15-6-7-16-24(17(15)10-19-25(23)21(34)11-20(32)26(19)35)29(38)33(28(16)37)14-4-2-12(30)3-5-14/h2-6,8-9,11,16-17,23-24,36H,7,10H2,1H3. The van der Waals surface area contributed by atoms with E-state index in [2.05, 4.69) is 47.8 Å². The summed E-state index contributed by atoms with van der Waals surface area (Å²) in [5.41, 5.74) is 2.19. The van der Waals surface area contributed by atoms with E-state index >= 15 is 0 Å². The molecule has 198 valence electrons. The first kappa shape index (κ1) is 26.4. The number of nitrogens with zero attached hydrogens (tertiary/aromatic N) is 1. The molecule has 4 aliphatic rings. The van der Waals surface area contributed by atoms with E-state index in [1.165, 1.54) is 18.1 Å². The number of fused-ring (bicyclic) bond motifs is 3. The molecule has 0 aromatic heterocycles. The molecule has 0 spiro atoms. The number of aromatic hydroxyl groups is 1. The van der Waals surface area contributed by atoms with Crippen LogP contribution in [0.4, 0.5) is 5.69 Å². The van der Waals surface area contributed by atoms with Crippen molar-refractivity contribution < 1.29 is 29.0 Å². The molecular weight excluding hydrogens is 698 g/mol. The Kier molecular flexibility index (Phi) is 6.55. The van der Waals surface area contributed by atoms with Gasteiger partial charge in [0.05, 0.1) is 29.1 Å². The quantitative estimate of drug-likeness (QED) is 0.242. The van der Waals surface area contributed by atoms with Crippen LogP contribution in [0.5, 0.6) is 11.5 Å². The Morgan fingerprint density at radius 1 is 0.949 bits per heavy atom. The Morgan fingerprint density at radius 2 is 1.67 bits per heavy atom. The van der Waals surface area contributed by atoms with Crippen molar-refractivity contribution in [1.29, 1.82) is 0 Å². The van der Waals surface area contributed by atoms with Crippen LogP contribution in [0.15, 0.2) is 78.7 Å². The minimum atomic E-state index is -0.788. The third kappa shape index (κ3) is 4.02. The maximum atomic E-state index is 13.9. The van der Waals surface area contributed by atoms with Crippen LogP contribution in [0.1, 0.15) is 24.3 Å². The predicted octanol–water partition coefficient (Wildman–Crippen LogP) is 5.89. The van der Waals surface area contributed by atoms with E-state index in [4.69, 9.17) is 4.74 Å². The van der Waals surface area contributed by atoms with Gasteiger partial charge in [0.15, 0.2) is 23.1 Å². The molecule has 1 saturated heterocycles. The number of Topliss-reactive ketones (excluding diaryl/α,β-unsaturated/α-hetero) is 1. The number of halogens is 3. The van der Waals surface area contributed by atoms with Gasteiger partial charge in [0.1, 0.15) is 0 Å². The molecule has 10 heteroatoms. The van der Waals surface area contributed by atoms with Crippen molar-refractivity contribution >= 4 is 76.9 Å². The Balaban J connectivity index is 1.52. The summed E-state index contributed by atoms with van der Waals surface area (Å²) in [4.78, 5) is 55.5. The topological polar surface area (TPSA) is 101 Å². The average Bonchev–Trinajstić information content (AvgIpc) is 3.17. The Morgan fingerprint density at radius 3 is 2.36 bits per heavy atom. The smallest absolute Gasteiger partial charge is 0.238 e. The van der Waals surface area contributed by atoms with Crippen molar-refractivity contribution in [3.8, 4) is 11.5 Å². The number of phenols is 1. The number of methoxy groups -OCH3 is 1. The molecule has 3 aliphatic carbocycles. The number of anilines is 1. The second-order valence-electron chi connectivity index (χ2n) is 9.93.